The van der Waals surface area contributed by atoms with E-state index in [1.807, 2.05) is 31.2 Å². The first kappa shape index (κ1) is 19.8. The van der Waals surface area contributed by atoms with Gasteiger partial charge < -0.3 is 20.1 Å². The summed E-state index contributed by atoms with van der Waals surface area (Å²) in [6.07, 6.45) is 0.912. The third-order valence-corrected chi connectivity index (χ3v) is 4.43. The molecule has 3 rings (SSSR count). The van der Waals surface area contributed by atoms with Crippen molar-refractivity contribution in [3.63, 3.8) is 0 Å². The fourth-order valence-electron chi connectivity index (χ4n) is 2.77. The molecule has 0 radical (unpaired) electrons. The van der Waals surface area contributed by atoms with Crippen molar-refractivity contribution in [3.8, 4) is 11.5 Å². The van der Waals surface area contributed by atoms with Crippen LogP contribution < -0.4 is 20.1 Å². The second kappa shape index (κ2) is 9.28. The lowest BCUT2D eigenvalue weighted by Gasteiger charge is -2.14. The van der Waals surface area contributed by atoms with Crippen molar-refractivity contribution in [2.75, 3.05) is 31.4 Å². The summed E-state index contributed by atoms with van der Waals surface area (Å²) >= 11 is 6.17. The molecule has 0 saturated heterocycles. The van der Waals surface area contributed by atoms with Gasteiger partial charge in [0.15, 0.2) is 0 Å². The fraction of sp³-hybridized carbons (Fsp3) is 0.238. The molecule has 0 aliphatic rings. The average molecular weight is 399 g/mol. The molecule has 7 heteroatoms. The summed E-state index contributed by atoms with van der Waals surface area (Å²) in [5.74, 6) is 2.34. The van der Waals surface area contributed by atoms with Gasteiger partial charge in [0.2, 0.25) is 5.95 Å². The Balaban J connectivity index is 1.74. The van der Waals surface area contributed by atoms with Crippen LogP contribution in [0.2, 0.25) is 5.02 Å². The molecule has 0 bridgehead atoms. The first-order valence-corrected chi connectivity index (χ1v) is 9.29. The quantitative estimate of drug-likeness (QED) is 0.565. The Morgan fingerprint density at radius 1 is 0.964 bits per heavy atom. The SMILES string of the molecule is COc1cc(Nc2nc(C)cc(NCCc3ccccc3)n2)c(OC)cc1Cl. The Labute approximate surface area is 169 Å². The zero-order valence-corrected chi connectivity index (χ0v) is 16.9. The lowest BCUT2D eigenvalue weighted by molar-refractivity contribution is 0.405. The number of aromatic nitrogens is 2. The van der Waals surface area contributed by atoms with Crippen molar-refractivity contribution in [2.45, 2.75) is 13.3 Å². The van der Waals surface area contributed by atoms with Crippen LogP contribution in [0.1, 0.15) is 11.3 Å². The molecule has 0 unspecified atom stereocenters. The van der Waals surface area contributed by atoms with E-state index in [0.717, 1.165) is 24.5 Å². The van der Waals surface area contributed by atoms with Gasteiger partial charge in [-0.3, -0.25) is 0 Å². The number of anilines is 3. The average Bonchev–Trinajstić information content (AvgIpc) is 2.69. The van der Waals surface area contributed by atoms with Gasteiger partial charge in [-0.05, 0) is 18.9 Å². The molecule has 28 heavy (non-hydrogen) atoms. The highest BCUT2D eigenvalue weighted by Crippen LogP contribution is 2.37. The minimum Gasteiger partial charge on any atom is -0.495 e. The lowest BCUT2D eigenvalue weighted by Crippen LogP contribution is -2.09. The number of methoxy groups -OCH3 is 2. The number of aryl methyl sites for hydroxylation is 1. The third kappa shape index (κ3) is 5.04. The van der Waals surface area contributed by atoms with E-state index in [0.29, 0.717) is 28.2 Å². The number of ether oxygens (including phenoxy) is 2. The topological polar surface area (TPSA) is 68.3 Å². The van der Waals surface area contributed by atoms with E-state index < -0.39 is 0 Å². The summed E-state index contributed by atoms with van der Waals surface area (Å²) in [7, 11) is 3.15. The predicted molar refractivity (Wildman–Crippen MR) is 113 cm³/mol. The lowest BCUT2D eigenvalue weighted by atomic mass is 10.1. The maximum absolute atomic E-state index is 6.17. The zero-order chi connectivity index (χ0) is 19.9. The summed E-state index contributed by atoms with van der Waals surface area (Å²) in [5, 5.41) is 7.01. The first-order chi connectivity index (χ1) is 13.6. The summed E-state index contributed by atoms with van der Waals surface area (Å²) in [6.45, 7) is 2.70. The predicted octanol–water partition coefficient (Wildman–Crippen LogP) is 4.85. The molecule has 3 aromatic rings. The van der Waals surface area contributed by atoms with Gasteiger partial charge in [-0.25, -0.2) is 4.98 Å². The highest BCUT2D eigenvalue weighted by molar-refractivity contribution is 6.32. The van der Waals surface area contributed by atoms with E-state index in [2.05, 4.69) is 32.7 Å². The van der Waals surface area contributed by atoms with Crippen molar-refractivity contribution in [1.29, 1.82) is 0 Å². The number of halogens is 1. The Kier molecular flexibility index (Phi) is 6.55. The molecule has 2 N–H and O–H groups in total. The maximum Gasteiger partial charge on any atom is 0.229 e. The molecule has 0 spiro atoms. The van der Waals surface area contributed by atoms with Gasteiger partial charge >= 0.3 is 0 Å². The van der Waals surface area contributed by atoms with Gasteiger partial charge in [-0.2, -0.15) is 4.98 Å². The molecule has 0 fully saturated rings. The summed E-state index contributed by atoms with van der Waals surface area (Å²) in [4.78, 5) is 9.01. The van der Waals surface area contributed by atoms with Crippen LogP contribution in [0.15, 0.2) is 48.5 Å². The van der Waals surface area contributed by atoms with Crippen LogP contribution in [0.3, 0.4) is 0 Å². The second-order valence-corrected chi connectivity index (χ2v) is 6.60. The van der Waals surface area contributed by atoms with E-state index >= 15 is 0 Å². The molecule has 0 saturated carbocycles. The Hall–Kier alpha value is -2.99. The summed E-state index contributed by atoms with van der Waals surface area (Å²) in [6, 6.07) is 15.7. The van der Waals surface area contributed by atoms with Gasteiger partial charge in [0.05, 0.1) is 24.9 Å². The molecular formula is C21H23ClN4O2. The van der Waals surface area contributed by atoms with Gasteiger partial charge in [-0.1, -0.05) is 41.9 Å². The zero-order valence-electron chi connectivity index (χ0n) is 16.1. The summed E-state index contributed by atoms with van der Waals surface area (Å²) < 4.78 is 10.7. The van der Waals surface area contributed by atoms with E-state index in [1.165, 1.54) is 5.56 Å². The van der Waals surface area contributed by atoms with Crippen molar-refractivity contribution in [2.24, 2.45) is 0 Å². The number of nitrogens with zero attached hydrogens (tertiary/aromatic N) is 2. The molecule has 0 atom stereocenters. The van der Waals surface area contributed by atoms with Crippen molar-refractivity contribution in [1.82, 2.24) is 9.97 Å². The van der Waals surface area contributed by atoms with Crippen LogP contribution in [0, 0.1) is 6.92 Å². The van der Waals surface area contributed by atoms with Gasteiger partial charge in [0, 0.05) is 30.4 Å². The van der Waals surface area contributed by atoms with E-state index in [-0.39, 0.29) is 0 Å². The Morgan fingerprint density at radius 3 is 2.43 bits per heavy atom. The maximum atomic E-state index is 6.17. The molecule has 6 nitrogen and oxygen atoms in total. The smallest absolute Gasteiger partial charge is 0.229 e. The molecule has 1 heterocycles. The molecule has 146 valence electrons. The largest absolute Gasteiger partial charge is 0.495 e. The molecule has 2 aromatic carbocycles. The molecule has 0 aliphatic heterocycles. The second-order valence-electron chi connectivity index (χ2n) is 6.19. The van der Waals surface area contributed by atoms with Crippen LogP contribution >= 0.6 is 11.6 Å². The highest BCUT2D eigenvalue weighted by Gasteiger charge is 2.12. The monoisotopic (exact) mass is 398 g/mol. The van der Waals surface area contributed by atoms with Gasteiger partial charge in [0.1, 0.15) is 17.3 Å². The van der Waals surface area contributed by atoms with E-state index in [9.17, 15) is 0 Å². The number of benzene rings is 2. The van der Waals surface area contributed by atoms with E-state index in [4.69, 9.17) is 21.1 Å². The van der Waals surface area contributed by atoms with Crippen LogP contribution in [0.5, 0.6) is 11.5 Å². The van der Waals surface area contributed by atoms with Crippen molar-refractivity contribution in [3.05, 3.63) is 64.8 Å². The van der Waals surface area contributed by atoms with Crippen molar-refractivity contribution < 1.29 is 9.47 Å². The van der Waals surface area contributed by atoms with Gasteiger partial charge in [-0.15, -0.1) is 0 Å². The highest BCUT2D eigenvalue weighted by atomic mass is 35.5. The Bertz CT molecular complexity index is 935. The molecule has 0 amide bonds. The number of nitrogens with one attached hydrogen (secondary N) is 2. The molecular weight excluding hydrogens is 376 g/mol. The van der Waals surface area contributed by atoms with Crippen LogP contribution in [0.4, 0.5) is 17.5 Å². The van der Waals surface area contributed by atoms with Gasteiger partial charge in [0.25, 0.3) is 0 Å². The van der Waals surface area contributed by atoms with Crippen molar-refractivity contribution >= 4 is 29.1 Å². The minimum atomic E-state index is 0.463. The Morgan fingerprint density at radius 2 is 1.71 bits per heavy atom. The number of rotatable bonds is 8. The van der Waals surface area contributed by atoms with Crippen LogP contribution in [0.25, 0.3) is 0 Å². The number of hydrogen-bond donors (Lipinski definition) is 2. The van der Waals surface area contributed by atoms with E-state index in [1.54, 1.807) is 26.4 Å². The number of hydrogen-bond acceptors (Lipinski definition) is 6. The third-order valence-electron chi connectivity index (χ3n) is 4.14. The summed E-state index contributed by atoms with van der Waals surface area (Å²) in [5.41, 5.74) is 2.79. The minimum absolute atomic E-state index is 0.463. The fourth-order valence-corrected chi connectivity index (χ4v) is 3.00. The normalized spacial score (nSPS) is 10.4. The standard InChI is InChI=1S/C21H23ClN4O2/c1-14-11-20(23-10-9-15-7-5-4-6-8-15)26-21(24-14)25-17-13-18(27-2)16(22)12-19(17)28-3/h4-8,11-13H,9-10H2,1-3H3,(H2,23,24,25,26). The molecule has 1 aromatic heterocycles. The first-order valence-electron chi connectivity index (χ1n) is 8.91. The van der Waals surface area contributed by atoms with Crippen LogP contribution in [-0.4, -0.2) is 30.7 Å². The molecule has 0 aliphatic carbocycles. The van der Waals surface area contributed by atoms with Crippen LogP contribution in [-0.2, 0) is 6.42 Å².